The first-order valence-corrected chi connectivity index (χ1v) is 11.6. The third-order valence-corrected chi connectivity index (χ3v) is 5.35. The van der Waals surface area contributed by atoms with E-state index in [2.05, 4.69) is 29.5 Å². The van der Waals surface area contributed by atoms with E-state index in [1.54, 1.807) is 19.2 Å². The van der Waals surface area contributed by atoms with E-state index in [0.29, 0.717) is 36.5 Å². The highest BCUT2D eigenvalue weighted by Crippen LogP contribution is 2.14. The minimum Gasteiger partial charge on any atom is -0.493 e. The molecule has 0 aromatic heterocycles. The molecule has 0 bridgehead atoms. The number of rotatable bonds is 9. The first-order valence-electron chi connectivity index (χ1n) is 9.73. The van der Waals surface area contributed by atoms with Crippen LogP contribution in [0.25, 0.3) is 0 Å². The molecule has 0 amide bonds. The number of benzene rings is 2. The number of guanidine groups is 1. The third-order valence-electron chi connectivity index (χ3n) is 4.22. The molecule has 8 heteroatoms. The summed E-state index contributed by atoms with van der Waals surface area (Å²) in [5, 5.41) is 6.57. The van der Waals surface area contributed by atoms with Crippen LogP contribution in [0.15, 0.2) is 58.4 Å². The second-order valence-electron chi connectivity index (χ2n) is 7.37. The molecule has 2 aromatic carbocycles. The Morgan fingerprint density at radius 2 is 1.77 bits per heavy atom. The molecule has 0 radical (unpaired) electrons. The van der Waals surface area contributed by atoms with Crippen molar-refractivity contribution in [2.24, 2.45) is 10.9 Å². The molecule has 0 atom stereocenters. The largest absolute Gasteiger partial charge is 0.493 e. The molecule has 0 saturated heterocycles. The lowest BCUT2D eigenvalue weighted by Crippen LogP contribution is -2.37. The Morgan fingerprint density at radius 1 is 1.07 bits per heavy atom. The second-order valence-corrected chi connectivity index (χ2v) is 9.39. The van der Waals surface area contributed by atoms with Gasteiger partial charge in [-0.15, -0.1) is 24.0 Å². The molecule has 6 nitrogen and oxygen atoms in total. The average molecular weight is 545 g/mol. The third kappa shape index (κ3) is 9.34. The fourth-order valence-corrected chi connectivity index (χ4v) is 3.27. The number of nitrogens with one attached hydrogen (secondary N) is 2. The molecule has 0 saturated carbocycles. The highest BCUT2D eigenvalue weighted by molar-refractivity contribution is 14.0. The van der Waals surface area contributed by atoms with E-state index in [4.69, 9.17) is 4.74 Å². The number of halogens is 1. The molecule has 30 heavy (non-hydrogen) atoms. The molecule has 0 heterocycles. The van der Waals surface area contributed by atoms with Crippen LogP contribution in [0.2, 0.25) is 0 Å². The van der Waals surface area contributed by atoms with Crippen molar-refractivity contribution < 1.29 is 13.2 Å². The van der Waals surface area contributed by atoms with Crippen LogP contribution in [-0.4, -0.2) is 40.8 Å². The van der Waals surface area contributed by atoms with Gasteiger partial charge in [-0.1, -0.05) is 38.1 Å². The Balaban J connectivity index is 0.00000450. The first-order chi connectivity index (χ1) is 13.8. The van der Waals surface area contributed by atoms with Crippen molar-refractivity contribution >= 4 is 39.8 Å². The number of sulfone groups is 1. The molecule has 0 spiro atoms. The fourth-order valence-electron chi connectivity index (χ4n) is 2.64. The van der Waals surface area contributed by atoms with Crippen LogP contribution in [0.3, 0.4) is 0 Å². The molecule has 0 fully saturated rings. The average Bonchev–Trinajstić information content (AvgIpc) is 2.69. The van der Waals surface area contributed by atoms with Crippen LogP contribution in [0, 0.1) is 5.92 Å². The van der Waals surface area contributed by atoms with Gasteiger partial charge in [0.25, 0.3) is 0 Å². The Kier molecular flexibility index (Phi) is 11.2. The van der Waals surface area contributed by atoms with Crippen molar-refractivity contribution in [1.82, 2.24) is 10.6 Å². The summed E-state index contributed by atoms with van der Waals surface area (Å²) in [5.74, 6) is 2.08. The smallest absolute Gasteiger partial charge is 0.191 e. The van der Waals surface area contributed by atoms with Crippen LogP contribution in [0.4, 0.5) is 0 Å². The highest BCUT2D eigenvalue weighted by Gasteiger charge is 2.06. The van der Waals surface area contributed by atoms with Crippen LogP contribution >= 0.6 is 24.0 Å². The first kappa shape index (κ1) is 26.2. The van der Waals surface area contributed by atoms with Gasteiger partial charge in [0.1, 0.15) is 5.75 Å². The van der Waals surface area contributed by atoms with Gasteiger partial charge < -0.3 is 15.4 Å². The van der Waals surface area contributed by atoms with E-state index in [9.17, 15) is 8.42 Å². The maximum atomic E-state index is 11.5. The highest BCUT2D eigenvalue weighted by atomic mass is 127. The summed E-state index contributed by atoms with van der Waals surface area (Å²) in [6, 6.07) is 15.0. The van der Waals surface area contributed by atoms with Crippen LogP contribution in [0.1, 0.15) is 25.0 Å². The van der Waals surface area contributed by atoms with E-state index in [1.807, 2.05) is 36.4 Å². The van der Waals surface area contributed by atoms with Crippen LogP contribution in [0.5, 0.6) is 5.75 Å². The summed E-state index contributed by atoms with van der Waals surface area (Å²) >= 11 is 0. The standard InChI is InChI=1S/C22H31N3O3S.HI/c1-17(2)16-28-20-7-5-6-19(14-20)15-25-22(23-3)24-13-12-18-8-10-21(11-9-18)29(4,26)27;/h5-11,14,17H,12-13,15-16H2,1-4H3,(H2,23,24,25);1H. The zero-order valence-electron chi connectivity index (χ0n) is 18.0. The molecule has 2 rings (SSSR count). The zero-order valence-corrected chi connectivity index (χ0v) is 21.2. The topological polar surface area (TPSA) is 79.8 Å². The maximum absolute atomic E-state index is 11.5. The fraction of sp³-hybridized carbons (Fsp3) is 0.409. The van der Waals surface area contributed by atoms with Crippen molar-refractivity contribution in [3.8, 4) is 5.75 Å². The summed E-state index contributed by atoms with van der Waals surface area (Å²) < 4.78 is 28.8. The van der Waals surface area contributed by atoms with Gasteiger partial charge in [0.15, 0.2) is 15.8 Å². The van der Waals surface area contributed by atoms with Crippen molar-refractivity contribution in [3.05, 3.63) is 59.7 Å². The lowest BCUT2D eigenvalue weighted by Gasteiger charge is -2.13. The normalized spacial score (nSPS) is 11.7. The molecular weight excluding hydrogens is 513 g/mol. The molecule has 0 aliphatic carbocycles. The molecule has 0 aliphatic rings. The Bertz CT molecular complexity index is 913. The van der Waals surface area contributed by atoms with Crippen molar-refractivity contribution in [2.75, 3.05) is 26.5 Å². The molecule has 166 valence electrons. The number of aliphatic imine (C=N–C) groups is 1. The minimum atomic E-state index is -3.16. The monoisotopic (exact) mass is 545 g/mol. The van der Waals surface area contributed by atoms with Crippen molar-refractivity contribution in [1.29, 1.82) is 0 Å². The van der Waals surface area contributed by atoms with Gasteiger partial charge in [0.2, 0.25) is 0 Å². The quantitative estimate of drug-likeness (QED) is 0.286. The summed E-state index contributed by atoms with van der Waals surface area (Å²) in [5.41, 5.74) is 2.18. The molecule has 0 aliphatic heterocycles. The number of hydrogen-bond acceptors (Lipinski definition) is 4. The lowest BCUT2D eigenvalue weighted by molar-refractivity contribution is 0.271. The van der Waals surface area contributed by atoms with Gasteiger partial charge in [-0.2, -0.15) is 0 Å². The van der Waals surface area contributed by atoms with E-state index >= 15 is 0 Å². The SMILES string of the molecule is CN=C(NCCc1ccc(S(C)(=O)=O)cc1)NCc1cccc(OCC(C)C)c1.I. The summed E-state index contributed by atoms with van der Waals surface area (Å²) in [4.78, 5) is 4.59. The molecule has 2 N–H and O–H groups in total. The number of ether oxygens (including phenoxy) is 1. The van der Waals surface area contributed by atoms with E-state index in [1.165, 1.54) is 6.26 Å². The Morgan fingerprint density at radius 3 is 2.37 bits per heavy atom. The predicted octanol–water partition coefficient (Wildman–Crippen LogP) is 3.65. The minimum absolute atomic E-state index is 0. The van der Waals surface area contributed by atoms with E-state index in [0.717, 1.165) is 23.3 Å². The van der Waals surface area contributed by atoms with Crippen LogP contribution < -0.4 is 15.4 Å². The van der Waals surface area contributed by atoms with Gasteiger partial charge >= 0.3 is 0 Å². The molecular formula is C22H32IN3O3S. The van der Waals surface area contributed by atoms with Gasteiger partial charge in [-0.3, -0.25) is 4.99 Å². The Hall–Kier alpha value is -1.81. The lowest BCUT2D eigenvalue weighted by atomic mass is 10.1. The van der Waals surface area contributed by atoms with Gasteiger partial charge in [0.05, 0.1) is 11.5 Å². The second kappa shape index (κ2) is 12.8. The van der Waals surface area contributed by atoms with E-state index in [-0.39, 0.29) is 24.0 Å². The van der Waals surface area contributed by atoms with Crippen LogP contribution in [-0.2, 0) is 22.8 Å². The Labute approximate surface area is 197 Å². The van der Waals surface area contributed by atoms with Crippen molar-refractivity contribution in [2.45, 2.75) is 31.7 Å². The summed E-state index contributed by atoms with van der Waals surface area (Å²) in [6.45, 7) is 6.28. The molecule has 2 aromatic rings. The number of nitrogens with zero attached hydrogens (tertiary/aromatic N) is 1. The van der Waals surface area contributed by atoms with Gasteiger partial charge in [0, 0.05) is 26.4 Å². The zero-order chi connectivity index (χ0) is 21.3. The molecule has 0 unspecified atom stereocenters. The summed E-state index contributed by atoms with van der Waals surface area (Å²) in [6.07, 6.45) is 1.98. The van der Waals surface area contributed by atoms with E-state index < -0.39 is 9.84 Å². The van der Waals surface area contributed by atoms with Crippen molar-refractivity contribution in [3.63, 3.8) is 0 Å². The summed E-state index contributed by atoms with van der Waals surface area (Å²) in [7, 11) is -1.42. The maximum Gasteiger partial charge on any atom is 0.191 e. The van der Waals surface area contributed by atoms with Gasteiger partial charge in [-0.05, 0) is 47.7 Å². The van der Waals surface area contributed by atoms with Gasteiger partial charge in [-0.25, -0.2) is 8.42 Å². The number of hydrogen-bond donors (Lipinski definition) is 2. The predicted molar refractivity (Wildman–Crippen MR) is 134 cm³/mol.